The zero-order chi connectivity index (χ0) is 73.8. The van der Waals surface area contributed by atoms with Crippen LogP contribution in [0.1, 0.15) is 114 Å². The Balaban J connectivity index is 0.000000160. The molecule has 3 aromatic carbocycles. The number of nitrogens with one attached hydrogen (secondary N) is 4. The van der Waals surface area contributed by atoms with Crippen LogP contribution in [-0.4, -0.2) is 196 Å². The van der Waals surface area contributed by atoms with E-state index in [1.807, 2.05) is 107 Å². The summed E-state index contributed by atoms with van der Waals surface area (Å²) in [5.74, 6) is 2.30. The van der Waals surface area contributed by atoms with Crippen LogP contribution in [0.15, 0.2) is 146 Å². The predicted molar refractivity (Wildman–Crippen MR) is 406 cm³/mol. The number of para-hydroxylation sites is 6. The van der Waals surface area contributed by atoms with Gasteiger partial charge in [-0.2, -0.15) is 4.98 Å². The number of piperidine rings is 4. The number of likely N-dealkylation sites (tertiary alicyclic amines) is 3. The Morgan fingerprint density at radius 2 is 0.832 bits per heavy atom. The Bertz CT molecular complexity index is 4610. The summed E-state index contributed by atoms with van der Waals surface area (Å²) in [7, 11) is 7.33. The molecule has 6 N–H and O–H groups in total. The van der Waals surface area contributed by atoms with Gasteiger partial charge in [0.15, 0.2) is 23.1 Å². The minimum atomic E-state index is -1.33. The highest BCUT2D eigenvalue weighted by Gasteiger charge is 2.33. The fourth-order valence-corrected chi connectivity index (χ4v) is 13.5. The Morgan fingerprint density at radius 1 is 0.477 bits per heavy atom. The summed E-state index contributed by atoms with van der Waals surface area (Å²) >= 11 is 0. The van der Waals surface area contributed by atoms with Crippen LogP contribution in [0.4, 0.5) is 17.1 Å². The van der Waals surface area contributed by atoms with Gasteiger partial charge in [-0.05, 0) is 174 Å². The highest BCUT2D eigenvalue weighted by molar-refractivity contribution is 5.96. The lowest BCUT2D eigenvalue weighted by atomic mass is 9.91. The van der Waals surface area contributed by atoms with Crippen LogP contribution < -0.4 is 15.8 Å². The first-order valence-electron chi connectivity index (χ1n) is 34.9. The van der Waals surface area contributed by atoms with Crippen LogP contribution in [-0.2, 0) is 38.2 Å². The number of hydrogen-bond acceptors (Lipinski definition) is 22. The second-order valence-electron chi connectivity index (χ2n) is 25.7. The minimum Gasteiger partial charge on any atom is -0.468 e. The highest BCUT2D eigenvalue weighted by atomic mass is 35.5. The molecule has 566 valence electrons. The number of halogens is 1. The second-order valence-corrected chi connectivity index (χ2v) is 25.7. The molecule has 3 amide bonds. The largest absolute Gasteiger partial charge is 0.468 e. The average Bonchev–Trinajstić information content (AvgIpc) is 1.64. The number of anilines is 1. The molecule has 32 heteroatoms. The Labute approximate surface area is 624 Å². The van der Waals surface area contributed by atoms with Gasteiger partial charge in [-0.15, -0.1) is 12.4 Å². The molecule has 15 rings (SSSR count). The van der Waals surface area contributed by atoms with E-state index in [0.29, 0.717) is 79.3 Å². The van der Waals surface area contributed by atoms with E-state index in [9.17, 15) is 34.6 Å². The molecule has 4 aliphatic rings. The lowest BCUT2D eigenvalue weighted by Crippen LogP contribution is -2.39. The average molecular weight is 1490 g/mol. The molecule has 31 nitrogen and oxygen atoms in total. The lowest BCUT2D eigenvalue weighted by Gasteiger charge is -2.32. The van der Waals surface area contributed by atoms with E-state index in [1.54, 1.807) is 48.9 Å². The number of methoxy groups -OCH3 is 5. The van der Waals surface area contributed by atoms with Crippen molar-refractivity contribution in [2.75, 3.05) is 93.6 Å². The summed E-state index contributed by atoms with van der Waals surface area (Å²) in [6.07, 6.45) is 14.9. The molecular formula is C75H92ClN19O12. The molecule has 0 bridgehead atoms. The molecule has 4 aliphatic heterocycles. The molecule has 0 atom stereocenters. The summed E-state index contributed by atoms with van der Waals surface area (Å²) in [4.78, 5) is 109. The maximum atomic E-state index is 12.9. The van der Waals surface area contributed by atoms with Crippen molar-refractivity contribution in [3.63, 3.8) is 0 Å². The molecule has 0 radical (unpaired) electrons. The zero-order valence-corrected chi connectivity index (χ0v) is 60.6. The van der Waals surface area contributed by atoms with E-state index in [4.69, 9.17) is 29.4 Å². The molecule has 8 aromatic heterocycles. The van der Waals surface area contributed by atoms with E-state index >= 15 is 0 Å². The van der Waals surface area contributed by atoms with Crippen molar-refractivity contribution in [1.82, 2.24) is 79.4 Å². The van der Waals surface area contributed by atoms with Crippen molar-refractivity contribution in [2.24, 2.45) is 17.8 Å². The van der Waals surface area contributed by atoms with Gasteiger partial charge in [0.1, 0.15) is 16.9 Å². The number of hydrogen-bond donors (Lipinski definition) is 5. The van der Waals surface area contributed by atoms with Gasteiger partial charge < -0.3 is 64.4 Å². The normalized spacial score (nSPS) is 15.1. The van der Waals surface area contributed by atoms with Gasteiger partial charge in [0, 0.05) is 111 Å². The number of ether oxygens (including phenoxy) is 5. The molecule has 0 unspecified atom stereocenters. The summed E-state index contributed by atoms with van der Waals surface area (Å²) in [5, 5.41) is 25.2. The van der Waals surface area contributed by atoms with Crippen LogP contribution in [0.25, 0.3) is 44.3 Å². The van der Waals surface area contributed by atoms with Crippen molar-refractivity contribution in [1.29, 1.82) is 0 Å². The number of fused-ring (bicyclic) bond motifs is 4. The molecule has 12 heterocycles. The lowest BCUT2D eigenvalue weighted by molar-refractivity contribution is -0.472. The summed E-state index contributed by atoms with van der Waals surface area (Å²) in [6.45, 7) is 6.02. The van der Waals surface area contributed by atoms with E-state index in [1.165, 1.54) is 40.6 Å². The van der Waals surface area contributed by atoms with Crippen LogP contribution in [0.5, 0.6) is 6.01 Å². The maximum Gasteiger partial charge on any atom is 0.411 e. The summed E-state index contributed by atoms with van der Waals surface area (Å²) in [6, 6.07) is 37.4. The number of aromatic amines is 3. The van der Waals surface area contributed by atoms with Gasteiger partial charge in [0.05, 0.1) is 61.4 Å². The third-order valence-electron chi connectivity index (χ3n) is 19.3. The SMILES string of the molecule is C.COC(OC)(OC)OC.COc1nc2cccnc2n1C1CCN(C(=O)c2nc3ccccc3[nH]2)CC1.Cl.Nc1cccnc1CC1CCN(C(=O)c2nc3ccccc3[nH]2)CC1.O=C(c1nc2ccccc2[nH]1)N1CCC(Cc2ncccc2[N+](=O)[O-])CC1.O=[N+]([O-])c1cccnc1CC1CCNCC1. The van der Waals surface area contributed by atoms with Gasteiger partial charge in [0.2, 0.25) is 0 Å². The number of pyridine rings is 4. The Morgan fingerprint density at radius 3 is 1.21 bits per heavy atom. The monoisotopic (exact) mass is 1490 g/mol. The van der Waals surface area contributed by atoms with E-state index in [-0.39, 0.29) is 70.7 Å². The highest BCUT2D eigenvalue weighted by Crippen LogP contribution is 2.33. The number of nitrogen functional groups attached to an aromatic ring is 1. The quantitative estimate of drug-likeness (QED) is 0.0321. The van der Waals surface area contributed by atoms with Crippen LogP contribution in [0.3, 0.4) is 0 Å². The molecule has 0 aliphatic carbocycles. The Kier molecular flexibility index (Phi) is 28.7. The number of aromatic nitrogens is 12. The van der Waals surface area contributed by atoms with Crippen molar-refractivity contribution in [3.8, 4) is 6.01 Å². The van der Waals surface area contributed by atoms with Gasteiger partial charge in [-0.3, -0.25) is 54.1 Å². The minimum absolute atomic E-state index is 0. The van der Waals surface area contributed by atoms with Gasteiger partial charge >= 0.3 is 6.16 Å². The van der Waals surface area contributed by atoms with Crippen LogP contribution >= 0.6 is 12.4 Å². The number of nitro groups is 2. The van der Waals surface area contributed by atoms with E-state index in [2.05, 4.69) is 64.7 Å². The fourth-order valence-electron chi connectivity index (χ4n) is 13.5. The standard InChI is InChI=1S/C20H20N6O2.C19H19N5O3.C19H21N5O.C11H15N3O2.C5H12O4.CH4.ClH/c1-28-20-24-16-7-4-10-21-18(16)26(20)13-8-11-25(12-9-13)19(27)17-22-14-5-2-3-6-15(14)23-17;25-19(18-21-14-4-1-2-5-15(14)22-18)23-10-7-13(8-11-23)12-16-17(24(26)27)6-3-9-20-16;20-14-4-3-9-21-17(14)12-13-7-10-24(11-8-13)19(25)18-22-15-5-1-2-6-16(15)23-18;15-14(16)11-2-1-5-13-10(11)8-9-3-6-12-7-4-9;1-6-5(7-2,8-3)9-4;;/h2-7,10,13H,8-9,11-12H2,1H3,(H,22,23);1-6,9,13H,7-8,10-12H2,(H,21,22);1-6,9,13H,7-8,10-12,20H2,(H,22,23);1-2,5,9,12H,3-4,6-8H2;1-4H3;1H4;1H. The number of rotatable bonds is 17. The fraction of sp³-hybridized carbons (Fsp3) is 0.400. The van der Waals surface area contributed by atoms with E-state index in [0.717, 1.165) is 146 Å². The number of imidazole rings is 4. The van der Waals surface area contributed by atoms with Crippen LogP contribution in [0.2, 0.25) is 0 Å². The van der Waals surface area contributed by atoms with Crippen LogP contribution in [0, 0.1) is 38.0 Å². The van der Waals surface area contributed by atoms with Crippen molar-refractivity contribution in [2.45, 2.75) is 90.3 Å². The first kappa shape index (κ1) is 80.1. The number of H-pyrrole nitrogens is 3. The predicted octanol–water partition coefficient (Wildman–Crippen LogP) is 11.2. The molecule has 11 aromatic rings. The first-order chi connectivity index (χ1) is 51.1. The van der Waals surface area contributed by atoms with Gasteiger partial charge in [-0.25, -0.2) is 19.9 Å². The van der Waals surface area contributed by atoms with Crippen molar-refractivity contribution >= 4 is 91.5 Å². The number of nitrogens with two attached hydrogens (primary N) is 1. The zero-order valence-electron chi connectivity index (χ0n) is 59.7. The van der Waals surface area contributed by atoms with Crippen molar-refractivity contribution < 1.29 is 47.9 Å². The third kappa shape index (κ3) is 20.2. The van der Waals surface area contributed by atoms with Gasteiger partial charge in [0.25, 0.3) is 35.1 Å². The molecule has 4 fully saturated rings. The second kappa shape index (κ2) is 38.4. The maximum absolute atomic E-state index is 12.9. The molecule has 0 spiro atoms. The Hall–Kier alpha value is -11.0. The number of carbonyl (C=O) groups excluding carboxylic acids is 3. The molecule has 107 heavy (non-hydrogen) atoms. The van der Waals surface area contributed by atoms with Gasteiger partial charge in [-0.1, -0.05) is 43.8 Å². The molecular weight excluding hydrogens is 1390 g/mol. The first-order valence-corrected chi connectivity index (χ1v) is 34.9. The van der Waals surface area contributed by atoms with Crippen molar-refractivity contribution in [3.05, 3.63) is 201 Å². The number of benzene rings is 3. The molecule has 0 saturated carbocycles. The van der Waals surface area contributed by atoms with E-state index < -0.39 is 6.16 Å². The summed E-state index contributed by atoms with van der Waals surface area (Å²) in [5.41, 5.74) is 15.7. The summed E-state index contributed by atoms with van der Waals surface area (Å²) < 4.78 is 26.4. The molecule has 4 saturated heterocycles. The third-order valence-corrected chi connectivity index (χ3v) is 19.3. The number of nitrogens with zero attached hydrogens (tertiary/aromatic N) is 14. The smallest absolute Gasteiger partial charge is 0.411 e. The topological polar surface area (TPSA) is 387 Å². The number of carbonyl (C=O) groups is 3. The number of amides is 3.